The van der Waals surface area contributed by atoms with Crippen molar-refractivity contribution < 1.29 is 8.78 Å². The molecule has 20 heavy (non-hydrogen) atoms. The quantitative estimate of drug-likeness (QED) is 0.918. The van der Waals surface area contributed by atoms with E-state index in [0.29, 0.717) is 0 Å². The smallest absolute Gasteiger partial charge is 0.240 e. The highest BCUT2D eigenvalue weighted by Crippen LogP contribution is 2.30. The number of alkyl halides is 2. The summed E-state index contributed by atoms with van der Waals surface area (Å²) in [6, 6.07) is 5.97. The van der Waals surface area contributed by atoms with Gasteiger partial charge in [0.2, 0.25) is 6.43 Å². The molecule has 1 aromatic carbocycles. The first-order valence-corrected chi connectivity index (χ1v) is 6.88. The molecule has 0 aliphatic carbocycles. The molecular formula is C15H23ClF2N2. The van der Waals surface area contributed by atoms with Crippen molar-refractivity contribution in [3.8, 4) is 0 Å². The summed E-state index contributed by atoms with van der Waals surface area (Å²) in [6.45, 7) is 7.46. The number of benzene rings is 1. The van der Waals surface area contributed by atoms with E-state index in [9.17, 15) is 8.78 Å². The van der Waals surface area contributed by atoms with E-state index in [1.165, 1.54) is 0 Å². The van der Waals surface area contributed by atoms with Gasteiger partial charge in [0.05, 0.1) is 0 Å². The zero-order valence-electron chi connectivity index (χ0n) is 12.0. The molecule has 5 heteroatoms. The molecule has 2 rings (SSSR count). The zero-order chi connectivity index (χ0) is 13.8. The highest BCUT2D eigenvalue weighted by atomic mass is 35.5. The number of hydrogen-bond donors (Lipinski definition) is 1. The van der Waals surface area contributed by atoms with Gasteiger partial charge in [0.15, 0.2) is 0 Å². The second-order valence-electron chi connectivity index (χ2n) is 5.29. The maximum absolute atomic E-state index is 12.9. The third-order valence-electron chi connectivity index (χ3n) is 3.79. The summed E-state index contributed by atoms with van der Waals surface area (Å²) in [7, 11) is 0. The standard InChI is InChI=1S/C15H22F2N2.ClH/c1-11-3-4-12(2)13(9-11)14(10-15(16)17)19-7-5-18-6-8-19;/h3-4,9,14-15,18H,5-8,10H2,1-2H3;1H/t14-;/m1./s1. The van der Waals surface area contributed by atoms with Crippen LogP contribution in [0.25, 0.3) is 0 Å². The first-order chi connectivity index (χ1) is 9.08. The summed E-state index contributed by atoms with van der Waals surface area (Å²) in [5.41, 5.74) is 3.30. The second kappa shape index (κ2) is 7.91. The lowest BCUT2D eigenvalue weighted by molar-refractivity contribution is 0.0737. The van der Waals surface area contributed by atoms with Crippen LogP contribution in [0.3, 0.4) is 0 Å². The van der Waals surface area contributed by atoms with E-state index in [-0.39, 0.29) is 24.9 Å². The lowest BCUT2D eigenvalue weighted by atomic mass is 9.95. The number of hydrogen-bond acceptors (Lipinski definition) is 2. The van der Waals surface area contributed by atoms with Crippen molar-refractivity contribution in [2.45, 2.75) is 32.7 Å². The van der Waals surface area contributed by atoms with Gasteiger partial charge in [-0.3, -0.25) is 4.90 Å². The number of rotatable bonds is 4. The first-order valence-electron chi connectivity index (χ1n) is 6.88. The summed E-state index contributed by atoms with van der Waals surface area (Å²) < 4.78 is 25.8. The number of aryl methyl sites for hydroxylation is 2. The lowest BCUT2D eigenvalue weighted by Gasteiger charge is -2.36. The van der Waals surface area contributed by atoms with Crippen LogP contribution in [0.1, 0.15) is 29.2 Å². The molecule has 1 aromatic rings. The molecule has 1 N–H and O–H groups in total. The number of nitrogens with zero attached hydrogens (tertiary/aromatic N) is 1. The average molecular weight is 305 g/mol. The number of piperazine rings is 1. The molecule has 114 valence electrons. The molecule has 2 nitrogen and oxygen atoms in total. The van der Waals surface area contributed by atoms with Crippen LogP contribution in [-0.2, 0) is 0 Å². The summed E-state index contributed by atoms with van der Waals surface area (Å²) >= 11 is 0. The van der Waals surface area contributed by atoms with Crippen LogP contribution in [0.5, 0.6) is 0 Å². The first kappa shape index (κ1) is 17.3. The molecule has 0 amide bonds. The fraction of sp³-hybridized carbons (Fsp3) is 0.600. The molecule has 1 fully saturated rings. The largest absolute Gasteiger partial charge is 0.314 e. The van der Waals surface area contributed by atoms with Crippen molar-refractivity contribution in [2.24, 2.45) is 0 Å². The molecule has 0 saturated carbocycles. The molecule has 0 spiro atoms. The highest BCUT2D eigenvalue weighted by molar-refractivity contribution is 5.85. The predicted molar refractivity (Wildman–Crippen MR) is 81.0 cm³/mol. The van der Waals surface area contributed by atoms with Gasteiger partial charge in [-0.25, -0.2) is 8.78 Å². The lowest BCUT2D eigenvalue weighted by Crippen LogP contribution is -2.45. The minimum atomic E-state index is -2.26. The Bertz CT molecular complexity index is 420. The van der Waals surface area contributed by atoms with Crippen LogP contribution < -0.4 is 5.32 Å². The van der Waals surface area contributed by atoms with Crippen molar-refractivity contribution >= 4 is 12.4 Å². The van der Waals surface area contributed by atoms with Crippen LogP contribution in [0, 0.1) is 13.8 Å². The van der Waals surface area contributed by atoms with Gasteiger partial charge < -0.3 is 5.32 Å². The normalized spacial score (nSPS) is 17.9. The van der Waals surface area contributed by atoms with E-state index in [0.717, 1.165) is 42.9 Å². The van der Waals surface area contributed by atoms with E-state index in [2.05, 4.69) is 16.3 Å². The van der Waals surface area contributed by atoms with Gasteiger partial charge in [-0.05, 0) is 25.0 Å². The van der Waals surface area contributed by atoms with E-state index >= 15 is 0 Å². The fourth-order valence-electron chi connectivity index (χ4n) is 2.75. The minimum Gasteiger partial charge on any atom is -0.314 e. The van der Waals surface area contributed by atoms with Crippen LogP contribution in [0.15, 0.2) is 18.2 Å². The molecule has 0 unspecified atom stereocenters. The molecule has 1 aliphatic rings. The van der Waals surface area contributed by atoms with Crippen LogP contribution >= 0.6 is 12.4 Å². The highest BCUT2D eigenvalue weighted by Gasteiger charge is 2.26. The SMILES string of the molecule is Cc1ccc(C)c([C@@H](CC(F)F)N2CCNCC2)c1.Cl. The predicted octanol–water partition coefficient (Wildman–Crippen LogP) is 3.33. The minimum absolute atomic E-state index is 0. The third kappa shape index (κ3) is 4.40. The van der Waals surface area contributed by atoms with Gasteiger partial charge in [-0.15, -0.1) is 12.4 Å². The Morgan fingerprint density at radius 1 is 1.20 bits per heavy atom. The Morgan fingerprint density at radius 2 is 1.85 bits per heavy atom. The van der Waals surface area contributed by atoms with Crippen molar-refractivity contribution in [1.29, 1.82) is 0 Å². The average Bonchev–Trinajstić information content (AvgIpc) is 2.40. The van der Waals surface area contributed by atoms with Gasteiger partial charge in [0.1, 0.15) is 0 Å². The molecule has 1 aliphatic heterocycles. The monoisotopic (exact) mass is 304 g/mol. The van der Waals surface area contributed by atoms with Gasteiger partial charge in [-0.2, -0.15) is 0 Å². The van der Waals surface area contributed by atoms with E-state index in [4.69, 9.17) is 0 Å². The second-order valence-corrected chi connectivity index (χ2v) is 5.29. The number of nitrogens with one attached hydrogen (secondary N) is 1. The van der Waals surface area contributed by atoms with Gasteiger partial charge in [0.25, 0.3) is 0 Å². The zero-order valence-corrected chi connectivity index (χ0v) is 12.9. The molecule has 0 aromatic heterocycles. The Balaban J connectivity index is 0.00000200. The Morgan fingerprint density at radius 3 is 2.45 bits per heavy atom. The Kier molecular flexibility index (Phi) is 6.86. The summed E-state index contributed by atoms with van der Waals surface area (Å²) in [5.74, 6) is 0. The molecular weight excluding hydrogens is 282 g/mol. The molecule has 1 atom stereocenters. The molecule has 1 saturated heterocycles. The topological polar surface area (TPSA) is 15.3 Å². The molecule has 0 bridgehead atoms. The summed E-state index contributed by atoms with van der Waals surface area (Å²) in [6.07, 6.45) is -2.34. The molecule has 1 heterocycles. The number of halogens is 3. The maximum atomic E-state index is 12.9. The van der Waals surface area contributed by atoms with E-state index in [1.807, 2.05) is 26.0 Å². The maximum Gasteiger partial charge on any atom is 0.240 e. The van der Waals surface area contributed by atoms with Crippen molar-refractivity contribution in [1.82, 2.24) is 10.2 Å². The van der Waals surface area contributed by atoms with Crippen molar-refractivity contribution in [3.05, 3.63) is 34.9 Å². The fourth-order valence-corrected chi connectivity index (χ4v) is 2.75. The van der Waals surface area contributed by atoms with E-state index in [1.54, 1.807) is 0 Å². The van der Waals surface area contributed by atoms with Crippen LogP contribution in [-0.4, -0.2) is 37.5 Å². The summed E-state index contributed by atoms with van der Waals surface area (Å²) in [5, 5.41) is 3.27. The van der Waals surface area contributed by atoms with Crippen LogP contribution in [0.4, 0.5) is 8.78 Å². The Hall–Kier alpha value is -0.710. The van der Waals surface area contributed by atoms with Gasteiger partial charge >= 0.3 is 0 Å². The third-order valence-corrected chi connectivity index (χ3v) is 3.79. The van der Waals surface area contributed by atoms with Gasteiger partial charge in [0, 0.05) is 38.6 Å². The van der Waals surface area contributed by atoms with E-state index < -0.39 is 6.43 Å². The summed E-state index contributed by atoms with van der Waals surface area (Å²) in [4.78, 5) is 2.18. The Labute approximate surface area is 126 Å². The van der Waals surface area contributed by atoms with Gasteiger partial charge in [-0.1, -0.05) is 23.8 Å². The van der Waals surface area contributed by atoms with Crippen molar-refractivity contribution in [2.75, 3.05) is 26.2 Å². The van der Waals surface area contributed by atoms with Crippen LogP contribution in [0.2, 0.25) is 0 Å². The molecule has 0 radical (unpaired) electrons. The van der Waals surface area contributed by atoms with Crippen molar-refractivity contribution in [3.63, 3.8) is 0 Å².